The van der Waals surface area contributed by atoms with Gasteiger partial charge < -0.3 is 15.0 Å². The number of aryl methyl sites for hydroxylation is 1. The van der Waals surface area contributed by atoms with Crippen LogP contribution in [0.2, 0.25) is 0 Å². The number of ether oxygens (including phenoxy) is 1. The normalized spacial score (nSPS) is 11.2. The summed E-state index contributed by atoms with van der Waals surface area (Å²) in [4.78, 5) is 39.7. The van der Waals surface area contributed by atoms with Gasteiger partial charge in [0.15, 0.2) is 6.61 Å². The molecule has 0 aliphatic heterocycles. The molecule has 2 amide bonds. The largest absolute Gasteiger partial charge is 0.452 e. The van der Waals surface area contributed by atoms with E-state index < -0.39 is 11.4 Å². The molecule has 2 heterocycles. The van der Waals surface area contributed by atoms with E-state index in [1.807, 2.05) is 23.8 Å². The van der Waals surface area contributed by atoms with Gasteiger partial charge >= 0.3 is 5.97 Å². The van der Waals surface area contributed by atoms with Gasteiger partial charge in [-0.1, -0.05) is 20.8 Å². The second kappa shape index (κ2) is 8.87. The zero-order valence-electron chi connectivity index (χ0n) is 17.0. The highest BCUT2D eigenvalue weighted by atomic mass is 32.1. The van der Waals surface area contributed by atoms with Gasteiger partial charge in [0.1, 0.15) is 5.00 Å². The zero-order chi connectivity index (χ0) is 21.1. The number of carbonyl (C=O) groups excluding carboxylic acids is 3. The predicted molar refractivity (Wildman–Crippen MR) is 113 cm³/mol. The van der Waals surface area contributed by atoms with Gasteiger partial charge in [0.2, 0.25) is 5.91 Å². The minimum atomic E-state index is -0.608. The van der Waals surface area contributed by atoms with Crippen molar-refractivity contribution in [1.82, 2.24) is 4.90 Å². The van der Waals surface area contributed by atoms with E-state index in [9.17, 15) is 14.4 Å². The SMILES string of the molecule is Cc1sc(NC(=O)C(C)(C)C)c(C(=O)OCC(=O)N(C)Cc2ccsc2)c1C. The van der Waals surface area contributed by atoms with Crippen molar-refractivity contribution in [1.29, 1.82) is 0 Å². The topological polar surface area (TPSA) is 75.7 Å². The first-order chi connectivity index (χ1) is 13.0. The number of hydrogen-bond donors (Lipinski definition) is 1. The monoisotopic (exact) mass is 422 g/mol. The molecule has 0 saturated heterocycles. The summed E-state index contributed by atoms with van der Waals surface area (Å²) in [5.41, 5.74) is 1.50. The van der Waals surface area contributed by atoms with E-state index in [-0.39, 0.29) is 18.4 Å². The van der Waals surface area contributed by atoms with Crippen LogP contribution in [0.25, 0.3) is 0 Å². The fraction of sp³-hybridized carbons (Fsp3) is 0.450. The Bertz CT molecular complexity index is 864. The van der Waals surface area contributed by atoms with Gasteiger partial charge in [-0.25, -0.2) is 4.79 Å². The Morgan fingerprint density at radius 1 is 1.21 bits per heavy atom. The highest BCUT2D eigenvalue weighted by molar-refractivity contribution is 7.16. The number of carbonyl (C=O) groups is 3. The number of nitrogens with one attached hydrogen (secondary N) is 1. The van der Waals surface area contributed by atoms with Crippen molar-refractivity contribution in [2.24, 2.45) is 5.41 Å². The number of thiophene rings is 2. The standard InChI is InChI=1S/C20H26N2O4S2/c1-12-13(2)28-17(21-19(25)20(3,4)5)16(12)18(24)26-10-15(23)22(6)9-14-7-8-27-11-14/h7-8,11H,9-10H2,1-6H3,(H,21,25). The number of nitrogens with zero attached hydrogens (tertiary/aromatic N) is 1. The van der Waals surface area contributed by atoms with Crippen molar-refractivity contribution >= 4 is 45.5 Å². The maximum Gasteiger partial charge on any atom is 0.341 e. The molecule has 0 bridgehead atoms. The Balaban J connectivity index is 2.05. The van der Waals surface area contributed by atoms with E-state index in [1.165, 1.54) is 16.2 Å². The van der Waals surface area contributed by atoms with Gasteiger partial charge in [0, 0.05) is 23.9 Å². The Hall–Kier alpha value is -2.19. The first-order valence-corrected chi connectivity index (χ1v) is 10.6. The molecule has 0 saturated carbocycles. The van der Waals surface area contributed by atoms with Gasteiger partial charge in [-0.2, -0.15) is 11.3 Å². The van der Waals surface area contributed by atoms with Crippen LogP contribution in [0.1, 0.15) is 47.1 Å². The van der Waals surface area contributed by atoms with E-state index >= 15 is 0 Å². The van der Waals surface area contributed by atoms with Crippen molar-refractivity contribution in [3.63, 3.8) is 0 Å². The van der Waals surface area contributed by atoms with Crippen LogP contribution in [0, 0.1) is 19.3 Å². The van der Waals surface area contributed by atoms with E-state index in [1.54, 1.807) is 46.1 Å². The molecule has 0 aromatic carbocycles. The molecule has 2 rings (SSSR count). The second-order valence-electron chi connectivity index (χ2n) is 7.65. The molecule has 6 nitrogen and oxygen atoms in total. The van der Waals surface area contributed by atoms with Gasteiger partial charge in [0.25, 0.3) is 5.91 Å². The third-order valence-corrected chi connectivity index (χ3v) is 6.10. The minimum absolute atomic E-state index is 0.186. The van der Waals surface area contributed by atoms with Crippen LogP contribution in [-0.4, -0.2) is 36.3 Å². The van der Waals surface area contributed by atoms with Crippen LogP contribution in [0.4, 0.5) is 5.00 Å². The quantitative estimate of drug-likeness (QED) is 0.707. The van der Waals surface area contributed by atoms with Crippen LogP contribution in [0.15, 0.2) is 16.8 Å². The van der Waals surface area contributed by atoms with Gasteiger partial charge in [0.05, 0.1) is 5.56 Å². The molecular weight excluding hydrogens is 396 g/mol. The van der Waals surface area contributed by atoms with Gasteiger partial charge in [-0.15, -0.1) is 11.3 Å². The van der Waals surface area contributed by atoms with E-state index in [4.69, 9.17) is 4.74 Å². The average molecular weight is 423 g/mol. The molecular formula is C20H26N2O4S2. The third-order valence-electron chi connectivity index (χ3n) is 4.25. The highest BCUT2D eigenvalue weighted by Gasteiger charge is 2.27. The number of anilines is 1. The van der Waals surface area contributed by atoms with Crippen molar-refractivity contribution in [3.05, 3.63) is 38.4 Å². The van der Waals surface area contributed by atoms with Crippen molar-refractivity contribution < 1.29 is 19.1 Å². The molecule has 152 valence electrons. The van der Waals surface area contributed by atoms with Gasteiger partial charge in [-0.05, 0) is 41.8 Å². The molecule has 1 N–H and O–H groups in total. The van der Waals surface area contributed by atoms with Crippen LogP contribution in [0.3, 0.4) is 0 Å². The molecule has 0 atom stereocenters. The lowest BCUT2D eigenvalue weighted by Gasteiger charge is -2.18. The molecule has 0 aliphatic carbocycles. The van der Waals surface area contributed by atoms with Crippen LogP contribution in [0.5, 0.6) is 0 Å². The Morgan fingerprint density at radius 3 is 2.46 bits per heavy atom. The molecule has 8 heteroatoms. The van der Waals surface area contributed by atoms with Crippen molar-refractivity contribution in [2.75, 3.05) is 19.0 Å². The predicted octanol–water partition coefficient (Wildman–Crippen LogP) is 4.23. The average Bonchev–Trinajstić information content (AvgIpc) is 3.20. The molecule has 0 aliphatic rings. The number of likely N-dealkylation sites (N-methyl/N-ethyl adjacent to an activating group) is 1. The summed E-state index contributed by atoms with van der Waals surface area (Å²) in [5, 5.41) is 7.19. The van der Waals surface area contributed by atoms with E-state index in [0.29, 0.717) is 17.1 Å². The molecule has 2 aromatic heterocycles. The first-order valence-electron chi connectivity index (χ1n) is 8.84. The number of hydrogen-bond acceptors (Lipinski definition) is 6. The van der Waals surface area contributed by atoms with Crippen LogP contribution >= 0.6 is 22.7 Å². The Labute approximate surface area is 173 Å². The lowest BCUT2D eigenvalue weighted by molar-refractivity contribution is -0.133. The van der Waals surface area contributed by atoms with Crippen molar-refractivity contribution in [2.45, 2.75) is 41.2 Å². The van der Waals surface area contributed by atoms with Crippen LogP contribution < -0.4 is 5.32 Å². The highest BCUT2D eigenvalue weighted by Crippen LogP contribution is 2.34. The summed E-state index contributed by atoms with van der Waals surface area (Å²) < 4.78 is 5.26. The molecule has 0 spiro atoms. The van der Waals surface area contributed by atoms with Gasteiger partial charge in [-0.3, -0.25) is 9.59 Å². The fourth-order valence-electron chi connectivity index (χ4n) is 2.31. The second-order valence-corrected chi connectivity index (χ2v) is 9.65. The summed E-state index contributed by atoms with van der Waals surface area (Å²) in [7, 11) is 1.67. The summed E-state index contributed by atoms with van der Waals surface area (Å²) >= 11 is 2.89. The maximum atomic E-state index is 12.6. The lowest BCUT2D eigenvalue weighted by atomic mass is 9.96. The summed E-state index contributed by atoms with van der Waals surface area (Å²) in [6.07, 6.45) is 0. The maximum absolute atomic E-state index is 12.6. The fourth-order valence-corrected chi connectivity index (χ4v) is 4.01. The van der Waals surface area contributed by atoms with Crippen LogP contribution in [-0.2, 0) is 20.9 Å². The molecule has 0 unspecified atom stereocenters. The molecule has 0 fully saturated rings. The van der Waals surface area contributed by atoms with Crippen molar-refractivity contribution in [3.8, 4) is 0 Å². The molecule has 28 heavy (non-hydrogen) atoms. The lowest BCUT2D eigenvalue weighted by Crippen LogP contribution is -2.31. The summed E-state index contributed by atoms with van der Waals surface area (Å²) in [6.45, 7) is 9.20. The van der Waals surface area contributed by atoms with E-state index in [0.717, 1.165) is 16.0 Å². The van der Waals surface area contributed by atoms with E-state index in [2.05, 4.69) is 5.32 Å². The molecule has 2 aromatic rings. The first kappa shape index (κ1) is 22.1. The number of amides is 2. The Kier molecular flexibility index (Phi) is 7.01. The third kappa shape index (κ3) is 5.42. The number of rotatable bonds is 6. The minimum Gasteiger partial charge on any atom is -0.452 e. The summed E-state index contributed by atoms with van der Waals surface area (Å²) in [5.74, 6) is -1.08. The smallest absolute Gasteiger partial charge is 0.341 e. The number of esters is 1. The summed E-state index contributed by atoms with van der Waals surface area (Å²) in [6, 6.07) is 1.95. The zero-order valence-corrected chi connectivity index (χ0v) is 18.7. The molecule has 0 radical (unpaired) electrons. The Morgan fingerprint density at radius 2 is 1.89 bits per heavy atom.